The van der Waals surface area contributed by atoms with Crippen LogP contribution in [0.15, 0.2) is 18.2 Å². The fourth-order valence-corrected chi connectivity index (χ4v) is 2.57. The molecule has 2 N–H and O–H groups in total. The molecule has 104 valence electrons. The number of methoxy groups -OCH3 is 1. The highest BCUT2D eigenvalue weighted by Crippen LogP contribution is 2.27. The van der Waals surface area contributed by atoms with E-state index < -0.39 is 0 Å². The van der Waals surface area contributed by atoms with E-state index in [1.54, 1.807) is 7.11 Å². The van der Waals surface area contributed by atoms with E-state index in [-0.39, 0.29) is 0 Å². The fraction of sp³-hybridized carbons (Fsp3) is 0.500. The van der Waals surface area contributed by atoms with E-state index in [1.807, 2.05) is 18.2 Å². The largest absolute Gasteiger partial charge is 0.497 e. The summed E-state index contributed by atoms with van der Waals surface area (Å²) in [7, 11) is 3.83. The summed E-state index contributed by atoms with van der Waals surface area (Å²) in [5.74, 6) is 0.840. The van der Waals surface area contributed by atoms with Crippen LogP contribution in [0.1, 0.15) is 12.0 Å². The highest BCUT2D eigenvalue weighted by atomic mass is 32.1. The van der Waals surface area contributed by atoms with E-state index >= 15 is 0 Å². The monoisotopic (exact) mass is 279 g/mol. The van der Waals surface area contributed by atoms with Crippen molar-refractivity contribution < 1.29 is 4.74 Å². The standard InChI is InChI=1S/C14H21N3OS/c1-16-6-3-7-17(9-8-16)13-10-11(18-2)4-5-12(13)14(15)19/h4-5,10H,3,6-9H2,1-2H3,(H2,15,19). The van der Waals surface area contributed by atoms with E-state index in [1.165, 1.54) is 0 Å². The molecule has 1 saturated heterocycles. The van der Waals surface area contributed by atoms with Crippen LogP contribution in [-0.2, 0) is 0 Å². The van der Waals surface area contributed by atoms with Crippen molar-refractivity contribution >= 4 is 22.9 Å². The van der Waals surface area contributed by atoms with Gasteiger partial charge in [0, 0.05) is 31.3 Å². The summed E-state index contributed by atoms with van der Waals surface area (Å²) in [6.45, 7) is 4.18. The maximum Gasteiger partial charge on any atom is 0.120 e. The lowest BCUT2D eigenvalue weighted by atomic mass is 10.1. The van der Waals surface area contributed by atoms with Crippen molar-refractivity contribution in [3.8, 4) is 5.75 Å². The van der Waals surface area contributed by atoms with Gasteiger partial charge in [-0.05, 0) is 32.1 Å². The Hall–Kier alpha value is -1.33. The average Bonchev–Trinajstić information content (AvgIpc) is 2.62. The molecular weight excluding hydrogens is 258 g/mol. The summed E-state index contributed by atoms with van der Waals surface area (Å²) in [5.41, 5.74) is 7.85. The number of rotatable bonds is 3. The van der Waals surface area contributed by atoms with Crippen LogP contribution in [0.3, 0.4) is 0 Å². The molecular formula is C14H21N3OS. The number of benzene rings is 1. The first-order valence-electron chi connectivity index (χ1n) is 6.53. The topological polar surface area (TPSA) is 41.7 Å². The third-order valence-corrected chi connectivity index (χ3v) is 3.75. The van der Waals surface area contributed by atoms with Gasteiger partial charge >= 0.3 is 0 Å². The number of hydrogen-bond acceptors (Lipinski definition) is 4. The molecule has 1 fully saturated rings. The molecule has 0 unspecified atom stereocenters. The molecule has 5 heteroatoms. The van der Waals surface area contributed by atoms with Crippen molar-refractivity contribution in [1.82, 2.24) is 4.90 Å². The van der Waals surface area contributed by atoms with Crippen LogP contribution < -0.4 is 15.4 Å². The average molecular weight is 279 g/mol. The van der Waals surface area contributed by atoms with Crippen LogP contribution in [-0.4, -0.2) is 50.2 Å². The van der Waals surface area contributed by atoms with Gasteiger partial charge in [-0.15, -0.1) is 0 Å². The van der Waals surface area contributed by atoms with Gasteiger partial charge in [0.1, 0.15) is 10.7 Å². The van der Waals surface area contributed by atoms with E-state index in [0.717, 1.165) is 49.6 Å². The zero-order valence-corrected chi connectivity index (χ0v) is 12.4. The van der Waals surface area contributed by atoms with Crippen LogP contribution in [0.2, 0.25) is 0 Å². The van der Waals surface area contributed by atoms with Crippen LogP contribution in [0.25, 0.3) is 0 Å². The Bertz CT molecular complexity index is 464. The number of anilines is 1. The molecule has 0 bridgehead atoms. The molecule has 1 aromatic carbocycles. The number of nitrogens with zero attached hydrogens (tertiary/aromatic N) is 2. The lowest BCUT2D eigenvalue weighted by Gasteiger charge is -2.25. The summed E-state index contributed by atoms with van der Waals surface area (Å²) in [5, 5.41) is 0. The second-order valence-electron chi connectivity index (χ2n) is 4.89. The van der Waals surface area contributed by atoms with Gasteiger partial charge < -0.3 is 20.3 Å². The minimum atomic E-state index is 0.440. The van der Waals surface area contributed by atoms with Crippen LogP contribution in [0.4, 0.5) is 5.69 Å². The second-order valence-corrected chi connectivity index (χ2v) is 5.33. The van der Waals surface area contributed by atoms with Crippen molar-refractivity contribution in [2.24, 2.45) is 5.73 Å². The maximum absolute atomic E-state index is 5.83. The maximum atomic E-state index is 5.83. The van der Waals surface area contributed by atoms with Gasteiger partial charge in [0.2, 0.25) is 0 Å². The molecule has 1 aliphatic rings. The Morgan fingerprint density at radius 3 is 2.74 bits per heavy atom. The molecule has 2 rings (SSSR count). The van der Waals surface area contributed by atoms with Crippen LogP contribution in [0, 0.1) is 0 Å². The Morgan fingerprint density at radius 2 is 2.05 bits per heavy atom. The summed E-state index contributed by atoms with van der Waals surface area (Å²) in [6.07, 6.45) is 1.14. The number of nitrogens with two attached hydrogens (primary N) is 1. The number of ether oxygens (including phenoxy) is 1. The molecule has 0 spiro atoms. The zero-order chi connectivity index (χ0) is 13.8. The summed E-state index contributed by atoms with van der Waals surface area (Å²) >= 11 is 5.16. The predicted octanol–water partition coefficient (Wildman–Crippen LogP) is 1.47. The SMILES string of the molecule is COc1ccc(C(N)=S)c(N2CCCN(C)CC2)c1. The zero-order valence-electron chi connectivity index (χ0n) is 11.6. The minimum Gasteiger partial charge on any atom is -0.497 e. The Labute approximate surface area is 120 Å². The van der Waals surface area contributed by atoms with Crippen molar-refractivity contribution in [1.29, 1.82) is 0 Å². The molecule has 0 aliphatic carbocycles. The summed E-state index contributed by atoms with van der Waals surface area (Å²) < 4.78 is 5.31. The molecule has 1 aromatic rings. The van der Waals surface area contributed by atoms with Gasteiger partial charge in [0.15, 0.2) is 0 Å². The highest BCUT2D eigenvalue weighted by Gasteiger charge is 2.17. The lowest BCUT2D eigenvalue weighted by Crippen LogP contribution is -2.30. The van der Waals surface area contributed by atoms with Gasteiger partial charge in [0.25, 0.3) is 0 Å². The van der Waals surface area contributed by atoms with Gasteiger partial charge in [0.05, 0.1) is 12.8 Å². The number of thiocarbonyl (C=S) groups is 1. The fourth-order valence-electron chi connectivity index (χ4n) is 2.40. The number of hydrogen-bond donors (Lipinski definition) is 1. The highest BCUT2D eigenvalue weighted by molar-refractivity contribution is 7.80. The van der Waals surface area contributed by atoms with Crippen molar-refractivity contribution in [3.63, 3.8) is 0 Å². The molecule has 1 heterocycles. The molecule has 0 saturated carbocycles. The lowest BCUT2D eigenvalue weighted by molar-refractivity contribution is 0.360. The van der Waals surface area contributed by atoms with Gasteiger partial charge in [-0.3, -0.25) is 0 Å². The predicted molar refractivity (Wildman–Crippen MR) is 83.2 cm³/mol. The molecule has 0 atom stereocenters. The minimum absolute atomic E-state index is 0.440. The van der Waals surface area contributed by atoms with E-state index in [2.05, 4.69) is 16.8 Å². The van der Waals surface area contributed by atoms with Crippen LogP contribution >= 0.6 is 12.2 Å². The molecule has 4 nitrogen and oxygen atoms in total. The number of likely N-dealkylation sites (N-methyl/N-ethyl adjacent to an activating group) is 1. The molecule has 0 aromatic heterocycles. The Balaban J connectivity index is 2.32. The van der Waals surface area contributed by atoms with Crippen LogP contribution in [0.5, 0.6) is 5.75 Å². The third kappa shape index (κ3) is 3.36. The molecule has 0 amide bonds. The van der Waals surface area contributed by atoms with E-state index in [4.69, 9.17) is 22.7 Å². The molecule has 1 aliphatic heterocycles. The van der Waals surface area contributed by atoms with Gasteiger partial charge in [-0.2, -0.15) is 0 Å². The van der Waals surface area contributed by atoms with Crippen molar-refractivity contribution in [2.45, 2.75) is 6.42 Å². The quantitative estimate of drug-likeness (QED) is 0.849. The molecule has 0 radical (unpaired) electrons. The van der Waals surface area contributed by atoms with E-state index in [0.29, 0.717) is 4.99 Å². The third-order valence-electron chi connectivity index (χ3n) is 3.53. The molecule has 19 heavy (non-hydrogen) atoms. The van der Waals surface area contributed by atoms with Gasteiger partial charge in [-0.25, -0.2) is 0 Å². The van der Waals surface area contributed by atoms with E-state index in [9.17, 15) is 0 Å². The normalized spacial score (nSPS) is 17.1. The van der Waals surface area contributed by atoms with Crippen molar-refractivity contribution in [3.05, 3.63) is 23.8 Å². The van der Waals surface area contributed by atoms with Gasteiger partial charge in [-0.1, -0.05) is 12.2 Å². The summed E-state index contributed by atoms with van der Waals surface area (Å²) in [4.78, 5) is 5.14. The summed E-state index contributed by atoms with van der Waals surface area (Å²) in [6, 6.07) is 5.88. The first kappa shape index (κ1) is 14.1. The van der Waals surface area contributed by atoms with Crippen molar-refractivity contribution in [2.75, 3.05) is 45.2 Å². The first-order valence-corrected chi connectivity index (χ1v) is 6.94. The first-order chi connectivity index (χ1) is 9.11. The Kier molecular flexibility index (Phi) is 4.61. The second kappa shape index (κ2) is 6.21. The Morgan fingerprint density at radius 1 is 1.26 bits per heavy atom. The smallest absolute Gasteiger partial charge is 0.120 e.